The smallest absolute Gasteiger partial charge is 0.336 e. The van der Waals surface area contributed by atoms with Crippen molar-refractivity contribution in [3.63, 3.8) is 0 Å². The number of aliphatic hydroxyl groups is 2. The first-order chi connectivity index (χ1) is 12.9. The Labute approximate surface area is 157 Å². The monoisotopic (exact) mass is 376 g/mol. The Morgan fingerprint density at radius 2 is 2.19 bits per heavy atom. The number of ether oxygens (including phenoxy) is 3. The fourth-order valence-electron chi connectivity index (χ4n) is 4.98. The highest BCUT2D eigenvalue weighted by atomic mass is 16.6. The first-order valence-corrected chi connectivity index (χ1v) is 9.24. The number of carbonyl (C=O) groups excluding carboxylic acids is 2. The summed E-state index contributed by atoms with van der Waals surface area (Å²) in [5, 5.41) is 18.4. The lowest BCUT2D eigenvalue weighted by Gasteiger charge is -2.29. The lowest BCUT2D eigenvalue weighted by Crippen LogP contribution is -2.36. The second-order valence-corrected chi connectivity index (χ2v) is 7.81. The average molecular weight is 376 g/mol. The molecule has 3 fully saturated rings. The van der Waals surface area contributed by atoms with E-state index in [0.717, 1.165) is 12.0 Å². The molecule has 2 aliphatic heterocycles. The maximum Gasteiger partial charge on any atom is 0.336 e. The molecular weight excluding hydrogens is 352 g/mol. The molecule has 1 saturated carbocycles. The molecule has 0 amide bonds. The molecule has 0 aromatic heterocycles. The third kappa shape index (κ3) is 2.85. The molecule has 0 aromatic carbocycles. The Balaban J connectivity index is 1.68. The van der Waals surface area contributed by atoms with E-state index in [1.54, 1.807) is 0 Å². The van der Waals surface area contributed by atoms with Crippen LogP contribution in [0.5, 0.6) is 0 Å². The second kappa shape index (κ2) is 6.58. The molecule has 146 valence electrons. The first-order valence-electron chi connectivity index (χ1n) is 9.24. The van der Waals surface area contributed by atoms with Gasteiger partial charge in [-0.05, 0) is 19.4 Å². The van der Waals surface area contributed by atoms with Gasteiger partial charge in [-0.15, -0.1) is 0 Å². The molecule has 2 heterocycles. The Hall–Kier alpha value is -1.96. The number of hydrogen-bond donors (Lipinski definition) is 2. The molecule has 0 aromatic rings. The minimum atomic E-state index is -0.711. The molecule has 1 spiro atoms. The number of carbonyl (C=O) groups is 2. The van der Waals surface area contributed by atoms with Gasteiger partial charge in [0.25, 0.3) is 0 Å². The van der Waals surface area contributed by atoms with Crippen LogP contribution in [0.25, 0.3) is 0 Å². The van der Waals surface area contributed by atoms with Crippen LogP contribution in [-0.2, 0) is 23.8 Å². The lowest BCUT2D eigenvalue weighted by atomic mass is 9.78. The topological polar surface area (TPSA) is 106 Å². The van der Waals surface area contributed by atoms with E-state index in [1.807, 2.05) is 6.92 Å². The van der Waals surface area contributed by atoms with Crippen LogP contribution >= 0.6 is 0 Å². The molecule has 0 unspecified atom stereocenters. The van der Waals surface area contributed by atoms with Crippen LogP contribution in [-0.4, -0.2) is 59.8 Å². The van der Waals surface area contributed by atoms with Gasteiger partial charge in [0.15, 0.2) is 0 Å². The summed E-state index contributed by atoms with van der Waals surface area (Å²) in [7, 11) is 0. The van der Waals surface area contributed by atoms with Gasteiger partial charge < -0.3 is 24.4 Å². The van der Waals surface area contributed by atoms with Crippen LogP contribution in [0.2, 0.25) is 0 Å². The molecular formula is C20H24O7. The molecule has 7 nitrogen and oxygen atoms in total. The summed E-state index contributed by atoms with van der Waals surface area (Å²) in [6.07, 6.45) is 3.61. The van der Waals surface area contributed by atoms with E-state index < -0.39 is 36.7 Å². The number of aliphatic hydroxyl groups excluding tert-OH is 2. The van der Waals surface area contributed by atoms with Crippen molar-refractivity contribution in [1.29, 1.82) is 0 Å². The van der Waals surface area contributed by atoms with Crippen LogP contribution in [0.3, 0.4) is 0 Å². The normalized spacial score (nSPS) is 40.2. The molecule has 6 atom stereocenters. The average Bonchev–Trinajstić information content (AvgIpc) is 3.24. The van der Waals surface area contributed by atoms with Crippen molar-refractivity contribution < 1.29 is 34.0 Å². The van der Waals surface area contributed by atoms with E-state index in [4.69, 9.17) is 19.3 Å². The van der Waals surface area contributed by atoms with Gasteiger partial charge in [0.1, 0.15) is 12.2 Å². The van der Waals surface area contributed by atoms with Crippen molar-refractivity contribution in [2.45, 2.75) is 37.6 Å². The predicted molar refractivity (Wildman–Crippen MR) is 93.3 cm³/mol. The van der Waals surface area contributed by atoms with Gasteiger partial charge in [-0.2, -0.15) is 0 Å². The zero-order valence-corrected chi connectivity index (χ0v) is 15.2. The van der Waals surface area contributed by atoms with Crippen molar-refractivity contribution in [2.75, 3.05) is 19.8 Å². The van der Waals surface area contributed by atoms with Crippen LogP contribution in [0.15, 0.2) is 35.5 Å². The van der Waals surface area contributed by atoms with E-state index in [1.165, 1.54) is 6.08 Å². The van der Waals surface area contributed by atoms with Gasteiger partial charge in [0.05, 0.1) is 36.9 Å². The summed E-state index contributed by atoms with van der Waals surface area (Å²) < 4.78 is 17.2. The van der Waals surface area contributed by atoms with E-state index in [9.17, 15) is 14.7 Å². The van der Waals surface area contributed by atoms with E-state index >= 15 is 0 Å². The fraction of sp³-hybridized carbons (Fsp3) is 0.600. The number of hydrogen-bond acceptors (Lipinski definition) is 7. The molecule has 2 saturated heterocycles. The van der Waals surface area contributed by atoms with Crippen LogP contribution in [0, 0.1) is 17.8 Å². The van der Waals surface area contributed by atoms with E-state index in [-0.39, 0.29) is 29.6 Å². The summed E-state index contributed by atoms with van der Waals surface area (Å²) in [5.41, 5.74) is 1.07. The van der Waals surface area contributed by atoms with Crippen molar-refractivity contribution in [3.05, 3.63) is 35.5 Å². The van der Waals surface area contributed by atoms with Gasteiger partial charge in [-0.3, -0.25) is 0 Å². The SMILES string of the molecule is C=C1C(=O)O[C@H]2[C@H]1[C@H](OC(=O)/C(=C/CO)CO)C[C@@]1(CO1)[C@H]1CC=C(C)[C@@H]21. The maximum absolute atomic E-state index is 12.5. The minimum absolute atomic E-state index is 0.0174. The van der Waals surface area contributed by atoms with Crippen LogP contribution < -0.4 is 0 Å². The molecule has 2 aliphatic carbocycles. The number of esters is 2. The molecule has 27 heavy (non-hydrogen) atoms. The predicted octanol–water partition coefficient (Wildman–Crippen LogP) is 0.662. The van der Waals surface area contributed by atoms with Crippen molar-refractivity contribution in [1.82, 2.24) is 0 Å². The largest absolute Gasteiger partial charge is 0.458 e. The van der Waals surface area contributed by atoms with Gasteiger partial charge >= 0.3 is 11.9 Å². The van der Waals surface area contributed by atoms with Crippen molar-refractivity contribution in [2.24, 2.45) is 17.8 Å². The van der Waals surface area contributed by atoms with Gasteiger partial charge in [-0.1, -0.05) is 18.2 Å². The van der Waals surface area contributed by atoms with E-state index in [0.29, 0.717) is 18.6 Å². The number of allylic oxidation sites excluding steroid dienone is 1. The zero-order chi connectivity index (χ0) is 19.3. The van der Waals surface area contributed by atoms with Gasteiger partial charge in [-0.25, -0.2) is 9.59 Å². The maximum atomic E-state index is 12.5. The van der Waals surface area contributed by atoms with Crippen LogP contribution in [0.4, 0.5) is 0 Å². The zero-order valence-electron chi connectivity index (χ0n) is 15.2. The first kappa shape index (κ1) is 18.4. The number of epoxide rings is 1. The standard InChI is InChI=1S/C20H24O7/c1-10-3-4-13-15(10)17-16(11(2)18(23)27-17)14(7-20(13)9-25-20)26-19(24)12(8-22)5-6-21/h3,5,13-17,21-22H,2,4,6-9H2,1H3/b12-5+/t13-,14+,15+,16+,17+,20+/m0/s1. The minimum Gasteiger partial charge on any atom is -0.458 e. The molecule has 0 radical (unpaired) electrons. The van der Waals surface area contributed by atoms with Gasteiger partial charge in [0, 0.05) is 23.8 Å². The highest BCUT2D eigenvalue weighted by Gasteiger charge is 2.65. The summed E-state index contributed by atoms with van der Waals surface area (Å²) in [4.78, 5) is 24.7. The van der Waals surface area contributed by atoms with Crippen molar-refractivity contribution in [3.8, 4) is 0 Å². The lowest BCUT2D eigenvalue weighted by molar-refractivity contribution is -0.149. The van der Waals surface area contributed by atoms with E-state index in [2.05, 4.69) is 12.7 Å². The Bertz CT molecular complexity index is 745. The van der Waals surface area contributed by atoms with Crippen molar-refractivity contribution >= 4 is 11.9 Å². The molecule has 0 bridgehead atoms. The summed E-state index contributed by atoms with van der Waals surface area (Å²) in [6, 6.07) is 0. The highest BCUT2D eigenvalue weighted by Crippen LogP contribution is 2.58. The van der Waals surface area contributed by atoms with Crippen LogP contribution in [0.1, 0.15) is 19.8 Å². The molecule has 2 N–H and O–H groups in total. The molecule has 4 aliphatic rings. The summed E-state index contributed by atoms with van der Waals surface area (Å²) >= 11 is 0. The Morgan fingerprint density at radius 3 is 2.81 bits per heavy atom. The highest BCUT2D eigenvalue weighted by molar-refractivity contribution is 5.92. The van der Waals surface area contributed by atoms with Gasteiger partial charge in [0.2, 0.25) is 0 Å². The Morgan fingerprint density at radius 1 is 1.44 bits per heavy atom. The quantitative estimate of drug-likeness (QED) is 0.321. The number of rotatable bonds is 4. The molecule has 4 rings (SSSR count). The third-order valence-electron chi connectivity index (χ3n) is 6.44. The Kier molecular flexibility index (Phi) is 4.49. The summed E-state index contributed by atoms with van der Waals surface area (Å²) in [6.45, 7) is 5.60. The number of fused-ring (bicyclic) bond motifs is 4. The summed E-state index contributed by atoms with van der Waals surface area (Å²) in [5.74, 6) is -1.41. The fourth-order valence-corrected chi connectivity index (χ4v) is 4.98. The molecule has 7 heteroatoms. The third-order valence-corrected chi connectivity index (χ3v) is 6.44. The second-order valence-electron chi connectivity index (χ2n) is 7.81.